The van der Waals surface area contributed by atoms with E-state index in [9.17, 15) is 5.11 Å². The molecule has 2 N–H and O–H groups in total. The second-order valence-corrected chi connectivity index (χ2v) is 5.71. The summed E-state index contributed by atoms with van der Waals surface area (Å²) >= 11 is 0. The zero-order chi connectivity index (χ0) is 15.2. The van der Waals surface area contributed by atoms with Crippen molar-refractivity contribution in [1.29, 1.82) is 0 Å². The van der Waals surface area contributed by atoms with E-state index in [1.165, 1.54) is 0 Å². The fraction of sp³-hybridized carbons (Fsp3) is 0.389. The molecule has 0 unspecified atom stereocenters. The largest absolute Gasteiger partial charge is 0.395 e. The van der Waals surface area contributed by atoms with Crippen LogP contribution in [0.2, 0.25) is 0 Å². The Labute approximate surface area is 126 Å². The first-order chi connectivity index (χ1) is 10.2. The van der Waals surface area contributed by atoms with Crippen LogP contribution in [-0.4, -0.2) is 22.7 Å². The first-order valence-corrected chi connectivity index (χ1v) is 7.49. The molecule has 21 heavy (non-hydrogen) atoms. The lowest BCUT2D eigenvalue weighted by molar-refractivity contribution is 0.198. The number of rotatable bonds is 7. The van der Waals surface area contributed by atoms with Crippen molar-refractivity contribution in [1.82, 2.24) is 10.3 Å². The van der Waals surface area contributed by atoms with Gasteiger partial charge in [0.05, 0.1) is 23.9 Å². The van der Waals surface area contributed by atoms with Crippen LogP contribution in [0.15, 0.2) is 49.1 Å². The van der Waals surface area contributed by atoms with Crippen LogP contribution in [0, 0.1) is 5.92 Å². The minimum Gasteiger partial charge on any atom is -0.395 e. The highest BCUT2D eigenvalue weighted by atomic mass is 16.3. The number of pyridine rings is 1. The first kappa shape index (κ1) is 15.7. The van der Waals surface area contributed by atoms with Crippen LogP contribution in [-0.2, 0) is 0 Å². The Morgan fingerprint density at radius 3 is 2.67 bits per heavy atom. The van der Waals surface area contributed by atoms with E-state index in [1.807, 2.05) is 24.3 Å². The Hall–Kier alpha value is -1.71. The van der Waals surface area contributed by atoms with Crippen molar-refractivity contribution < 1.29 is 5.11 Å². The van der Waals surface area contributed by atoms with Gasteiger partial charge in [-0.25, -0.2) is 0 Å². The summed E-state index contributed by atoms with van der Waals surface area (Å²) in [4.78, 5) is 4.75. The number of hydrogen-bond acceptors (Lipinski definition) is 3. The highest BCUT2D eigenvalue weighted by Crippen LogP contribution is 2.21. The predicted octanol–water partition coefficient (Wildman–Crippen LogP) is 3.46. The smallest absolute Gasteiger partial charge is 0.0706 e. The molecule has 0 radical (unpaired) electrons. The molecule has 2 rings (SSSR count). The summed E-state index contributed by atoms with van der Waals surface area (Å²) in [5.41, 5.74) is 1.99. The van der Waals surface area contributed by atoms with Gasteiger partial charge in [0, 0.05) is 11.4 Å². The van der Waals surface area contributed by atoms with Gasteiger partial charge in [0.15, 0.2) is 0 Å². The van der Waals surface area contributed by atoms with Crippen molar-refractivity contribution in [2.75, 3.05) is 6.61 Å². The van der Waals surface area contributed by atoms with Crippen LogP contribution < -0.4 is 5.32 Å². The first-order valence-electron chi connectivity index (χ1n) is 7.49. The number of aliphatic hydroxyl groups excluding tert-OH is 1. The van der Waals surface area contributed by atoms with Gasteiger partial charge in [-0.3, -0.25) is 4.98 Å². The van der Waals surface area contributed by atoms with E-state index >= 15 is 0 Å². The molecule has 0 aliphatic carbocycles. The molecule has 2 atom stereocenters. The highest BCUT2D eigenvalue weighted by molar-refractivity contribution is 5.78. The zero-order valence-electron chi connectivity index (χ0n) is 12.8. The molecule has 0 aliphatic heterocycles. The second-order valence-electron chi connectivity index (χ2n) is 5.71. The van der Waals surface area contributed by atoms with Gasteiger partial charge in [0.25, 0.3) is 0 Å². The fourth-order valence-corrected chi connectivity index (χ4v) is 2.43. The molecule has 0 amide bonds. The van der Waals surface area contributed by atoms with E-state index in [2.05, 4.69) is 43.9 Å². The molecule has 0 fully saturated rings. The molecule has 2 aromatic rings. The summed E-state index contributed by atoms with van der Waals surface area (Å²) in [6, 6.07) is 12.4. The third-order valence-corrected chi connectivity index (χ3v) is 3.80. The van der Waals surface area contributed by atoms with Crippen molar-refractivity contribution in [3.05, 3.63) is 54.7 Å². The van der Waals surface area contributed by atoms with E-state index in [0.717, 1.165) is 23.0 Å². The monoisotopic (exact) mass is 284 g/mol. The molecular weight excluding hydrogens is 260 g/mol. The maximum absolute atomic E-state index is 9.52. The van der Waals surface area contributed by atoms with Crippen LogP contribution in [0.1, 0.15) is 32.0 Å². The Morgan fingerprint density at radius 1 is 1.24 bits per heavy atom. The minimum absolute atomic E-state index is 0.0585. The summed E-state index contributed by atoms with van der Waals surface area (Å²) in [6.45, 7) is 8.17. The molecule has 1 aromatic carbocycles. The van der Waals surface area contributed by atoms with Gasteiger partial charge in [0.2, 0.25) is 0 Å². The van der Waals surface area contributed by atoms with Crippen LogP contribution in [0.4, 0.5) is 0 Å². The van der Waals surface area contributed by atoms with Crippen molar-refractivity contribution in [3.63, 3.8) is 0 Å². The number of benzene rings is 1. The number of aromatic nitrogens is 1. The second kappa shape index (κ2) is 7.34. The van der Waals surface area contributed by atoms with Gasteiger partial charge in [-0.2, -0.15) is 0 Å². The molecule has 112 valence electrons. The third-order valence-electron chi connectivity index (χ3n) is 3.80. The molecule has 3 nitrogen and oxygen atoms in total. The van der Waals surface area contributed by atoms with Gasteiger partial charge in [-0.05, 0) is 24.5 Å². The topological polar surface area (TPSA) is 45.1 Å². The van der Waals surface area contributed by atoms with Crippen molar-refractivity contribution in [2.24, 2.45) is 5.92 Å². The van der Waals surface area contributed by atoms with Gasteiger partial charge >= 0.3 is 0 Å². The zero-order valence-corrected chi connectivity index (χ0v) is 12.8. The lowest BCUT2D eigenvalue weighted by atomic mass is 10.0. The quantitative estimate of drug-likeness (QED) is 0.765. The SMILES string of the molecule is C=CC[C@H](N[C@H](CO)C(C)C)c1ccc2ccccc2n1. The van der Waals surface area contributed by atoms with E-state index < -0.39 is 0 Å². The van der Waals surface area contributed by atoms with Gasteiger partial charge in [0.1, 0.15) is 0 Å². The Morgan fingerprint density at radius 2 is 2.00 bits per heavy atom. The van der Waals surface area contributed by atoms with Gasteiger partial charge in [-0.15, -0.1) is 6.58 Å². The summed E-state index contributed by atoms with van der Waals surface area (Å²) < 4.78 is 0. The molecule has 0 aliphatic rings. The summed E-state index contributed by atoms with van der Waals surface area (Å²) in [5.74, 6) is 0.364. The van der Waals surface area contributed by atoms with Crippen molar-refractivity contribution >= 4 is 10.9 Å². The molecule has 0 bridgehead atoms. The van der Waals surface area contributed by atoms with Crippen LogP contribution in [0.3, 0.4) is 0 Å². The minimum atomic E-state index is 0.0585. The summed E-state index contributed by atoms with van der Waals surface area (Å²) in [6.07, 6.45) is 2.68. The molecule has 1 heterocycles. The van der Waals surface area contributed by atoms with E-state index in [0.29, 0.717) is 5.92 Å². The molecule has 3 heteroatoms. The normalized spacial score (nSPS) is 14.3. The lowest BCUT2D eigenvalue weighted by Crippen LogP contribution is -2.39. The van der Waals surface area contributed by atoms with E-state index in [1.54, 1.807) is 0 Å². The third kappa shape index (κ3) is 3.90. The van der Waals surface area contributed by atoms with Crippen LogP contribution in [0.25, 0.3) is 10.9 Å². The summed E-state index contributed by atoms with van der Waals surface area (Å²) in [7, 11) is 0. The molecule has 0 saturated heterocycles. The van der Waals surface area contributed by atoms with Gasteiger partial charge < -0.3 is 10.4 Å². The van der Waals surface area contributed by atoms with Gasteiger partial charge in [-0.1, -0.05) is 44.2 Å². The Bertz CT molecular complexity index is 595. The highest BCUT2D eigenvalue weighted by Gasteiger charge is 2.19. The Balaban J connectivity index is 2.28. The lowest BCUT2D eigenvalue weighted by Gasteiger charge is -2.26. The number of nitrogens with one attached hydrogen (secondary N) is 1. The molecule has 0 spiro atoms. The molecular formula is C18H24N2O. The van der Waals surface area contributed by atoms with Crippen LogP contribution in [0.5, 0.6) is 0 Å². The fourth-order valence-electron chi connectivity index (χ4n) is 2.43. The maximum Gasteiger partial charge on any atom is 0.0706 e. The molecule has 1 aromatic heterocycles. The van der Waals surface area contributed by atoms with Crippen LogP contribution >= 0.6 is 0 Å². The van der Waals surface area contributed by atoms with Crippen molar-refractivity contribution in [3.8, 4) is 0 Å². The number of fused-ring (bicyclic) bond motifs is 1. The average Bonchev–Trinajstić information content (AvgIpc) is 2.50. The number of aliphatic hydroxyl groups is 1. The maximum atomic E-state index is 9.52. The predicted molar refractivity (Wildman–Crippen MR) is 88.1 cm³/mol. The average molecular weight is 284 g/mol. The summed E-state index contributed by atoms with van der Waals surface area (Å²) in [5, 5.41) is 14.2. The standard InChI is InChI=1S/C18H24N2O/c1-4-7-16(20-18(12-21)13(2)3)17-11-10-14-8-5-6-9-15(14)19-17/h4-6,8-11,13,16,18,20-21H,1,7,12H2,2-3H3/t16-,18+/m0/s1. The van der Waals surface area contributed by atoms with E-state index in [4.69, 9.17) is 4.98 Å². The van der Waals surface area contributed by atoms with E-state index in [-0.39, 0.29) is 18.7 Å². The number of para-hydroxylation sites is 1. The number of nitrogens with zero attached hydrogens (tertiary/aromatic N) is 1. The molecule has 0 saturated carbocycles. The number of hydrogen-bond donors (Lipinski definition) is 2. The van der Waals surface area contributed by atoms with Crippen molar-refractivity contribution in [2.45, 2.75) is 32.4 Å². The Kier molecular flexibility index (Phi) is 5.48.